The van der Waals surface area contributed by atoms with Crippen LogP contribution in [0.2, 0.25) is 10.0 Å². The highest BCUT2D eigenvalue weighted by Gasteiger charge is 2.11. The molecule has 6 heteroatoms. The summed E-state index contributed by atoms with van der Waals surface area (Å²) in [6, 6.07) is 8.97. The average molecular weight is 400 g/mol. The van der Waals surface area contributed by atoms with Gasteiger partial charge in [0.25, 0.3) is 0 Å². The van der Waals surface area contributed by atoms with Crippen molar-refractivity contribution in [2.24, 2.45) is 0 Å². The maximum absolute atomic E-state index is 12.2. The summed E-state index contributed by atoms with van der Waals surface area (Å²) in [6.45, 7) is 0. The number of allylic oxidation sites excluding steroid dienone is 1. The minimum Gasteiger partial charge on any atom is -0.504 e. The van der Waals surface area contributed by atoms with E-state index in [4.69, 9.17) is 23.2 Å². The van der Waals surface area contributed by atoms with E-state index in [0.29, 0.717) is 20.1 Å². The molecule has 1 N–H and O–H groups in total. The molecular formula is C16H9BrCl2O3. The van der Waals surface area contributed by atoms with E-state index in [9.17, 15) is 14.7 Å². The molecule has 3 nitrogen and oxygen atoms in total. The van der Waals surface area contributed by atoms with Crippen LogP contribution in [0, 0.1) is 0 Å². The van der Waals surface area contributed by atoms with Crippen LogP contribution in [0.5, 0.6) is 5.75 Å². The fourth-order valence-corrected chi connectivity index (χ4v) is 2.61. The van der Waals surface area contributed by atoms with Gasteiger partial charge in [0.1, 0.15) is 0 Å². The van der Waals surface area contributed by atoms with Gasteiger partial charge in [0.15, 0.2) is 11.5 Å². The van der Waals surface area contributed by atoms with Crippen LogP contribution in [0.1, 0.15) is 15.9 Å². The summed E-state index contributed by atoms with van der Waals surface area (Å²) in [5, 5.41) is 10.6. The Morgan fingerprint density at radius 3 is 2.41 bits per heavy atom. The lowest BCUT2D eigenvalue weighted by Crippen LogP contribution is -2.01. The van der Waals surface area contributed by atoms with Gasteiger partial charge in [0.2, 0.25) is 5.43 Å². The first-order valence-corrected chi connectivity index (χ1v) is 7.64. The van der Waals surface area contributed by atoms with Crippen molar-refractivity contribution in [3.63, 3.8) is 0 Å². The number of hydrogen-bond acceptors (Lipinski definition) is 3. The molecule has 112 valence electrons. The van der Waals surface area contributed by atoms with E-state index in [1.165, 1.54) is 30.4 Å². The first kappa shape index (κ1) is 16.7. The van der Waals surface area contributed by atoms with Gasteiger partial charge in [-0.25, -0.2) is 0 Å². The molecular weight excluding hydrogens is 391 g/mol. The fourth-order valence-electron chi connectivity index (χ4n) is 1.73. The van der Waals surface area contributed by atoms with Gasteiger partial charge in [-0.15, -0.1) is 0 Å². The van der Waals surface area contributed by atoms with Gasteiger partial charge < -0.3 is 5.11 Å². The Labute approximate surface area is 144 Å². The van der Waals surface area contributed by atoms with E-state index in [1.807, 2.05) is 0 Å². The molecule has 0 radical (unpaired) electrons. The van der Waals surface area contributed by atoms with Crippen molar-refractivity contribution < 1.29 is 9.90 Å². The van der Waals surface area contributed by atoms with Crippen molar-refractivity contribution in [2.75, 3.05) is 0 Å². The maximum atomic E-state index is 12.2. The predicted molar refractivity (Wildman–Crippen MR) is 91.9 cm³/mol. The third-order valence-electron chi connectivity index (χ3n) is 2.83. The molecule has 0 saturated carbocycles. The van der Waals surface area contributed by atoms with Crippen molar-refractivity contribution >= 4 is 51.0 Å². The monoisotopic (exact) mass is 398 g/mol. The lowest BCUT2D eigenvalue weighted by atomic mass is 10.1. The number of rotatable bonds is 3. The van der Waals surface area contributed by atoms with E-state index in [-0.39, 0.29) is 5.56 Å². The molecule has 0 aliphatic rings. The summed E-state index contributed by atoms with van der Waals surface area (Å²) in [7, 11) is 0. The zero-order valence-electron chi connectivity index (χ0n) is 11.0. The lowest BCUT2D eigenvalue weighted by Gasteiger charge is -2.01. The molecule has 0 aliphatic carbocycles. The number of carbonyl (C=O) groups is 1. The summed E-state index contributed by atoms with van der Waals surface area (Å²) in [6.07, 6.45) is 2.64. The van der Waals surface area contributed by atoms with Gasteiger partial charge in [0, 0.05) is 20.1 Å². The first-order chi connectivity index (χ1) is 10.4. The normalized spacial score (nSPS) is 10.9. The van der Waals surface area contributed by atoms with Gasteiger partial charge in [-0.05, 0) is 42.5 Å². The van der Waals surface area contributed by atoms with Gasteiger partial charge in [-0.3, -0.25) is 9.59 Å². The molecule has 0 aliphatic heterocycles. The summed E-state index contributed by atoms with van der Waals surface area (Å²) < 4.78 is 0.498. The number of aromatic hydroxyl groups is 1. The van der Waals surface area contributed by atoms with Crippen molar-refractivity contribution in [1.29, 1.82) is 0 Å². The van der Waals surface area contributed by atoms with Crippen LogP contribution in [-0.4, -0.2) is 10.9 Å². The molecule has 0 saturated heterocycles. The Balaban J connectivity index is 2.45. The van der Waals surface area contributed by atoms with Gasteiger partial charge in [0.05, 0.1) is 5.56 Å². The van der Waals surface area contributed by atoms with Crippen LogP contribution < -0.4 is 5.43 Å². The van der Waals surface area contributed by atoms with Crippen molar-refractivity contribution in [1.82, 2.24) is 0 Å². The SMILES string of the molecule is O=C(C=Cc1c(Cl)cccc1Cl)c1cc(Br)ccc(=O)c1O. The van der Waals surface area contributed by atoms with E-state index in [0.717, 1.165) is 0 Å². The molecule has 0 unspecified atom stereocenters. The molecule has 2 aromatic carbocycles. The Morgan fingerprint density at radius 1 is 1.14 bits per heavy atom. The van der Waals surface area contributed by atoms with Crippen LogP contribution in [-0.2, 0) is 0 Å². The third kappa shape index (κ3) is 3.77. The van der Waals surface area contributed by atoms with Crippen molar-refractivity contribution in [3.8, 4) is 5.75 Å². The number of hydrogen-bond donors (Lipinski definition) is 1. The summed E-state index contributed by atoms with van der Waals surface area (Å²) in [4.78, 5) is 23.8. The zero-order chi connectivity index (χ0) is 16.3. The van der Waals surface area contributed by atoms with E-state index in [2.05, 4.69) is 15.9 Å². The highest BCUT2D eigenvalue weighted by Crippen LogP contribution is 2.26. The van der Waals surface area contributed by atoms with Crippen LogP contribution >= 0.6 is 39.1 Å². The Morgan fingerprint density at radius 2 is 1.77 bits per heavy atom. The van der Waals surface area contributed by atoms with Crippen molar-refractivity contribution in [3.05, 3.63) is 78.3 Å². The molecule has 0 bridgehead atoms. The molecule has 2 rings (SSSR count). The molecule has 2 aromatic rings. The standard InChI is InChI=1S/C16H9BrCl2O3/c17-9-4-6-15(21)16(22)11(8-9)14(20)7-5-10-12(18)2-1-3-13(10)19/h1-8H,(H,21,22). The third-order valence-corrected chi connectivity index (χ3v) is 3.98. The van der Waals surface area contributed by atoms with Crippen molar-refractivity contribution in [2.45, 2.75) is 0 Å². The van der Waals surface area contributed by atoms with Gasteiger partial charge in [-0.2, -0.15) is 0 Å². The molecule has 0 aromatic heterocycles. The molecule has 0 fully saturated rings. The number of carbonyl (C=O) groups excluding carboxylic acids is 1. The quantitative estimate of drug-likeness (QED) is 0.600. The maximum Gasteiger partial charge on any atom is 0.220 e. The number of halogens is 3. The molecule has 0 amide bonds. The van der Waals surface area contributed by atoms with E-state index < -0.39 is 17.0 Å². The second-order valence-corrected chi connectivity index (χ2v) is 6.05. The van der Waals surface area contributed by atoms with Crippen LogP contribution in [0.15, 0.2) is 51.7 Å². The molecule has 0 atom stereocenters. The van der Waals surface area contributed by atoms with E-state index in [1.54, 1.807) is 18.2 Å². The summed E-state index contributed by atoms with van der Waals surface area (Å²) in [5.74, 6) is -1.15. The second-order valence-electron chi connectivity index (χ2n) is 4.32. The summed E-state index contributed by atoms with van der Waals surface area (Å²) >= 11 is 15.2. The topological polar surface area (TPSA) is 54.4 Å². The highest BCUT2D eigenvalue weighted by atomic mass is 79.9. The molecule has 0 spiro atoms. The van der Waals surface area contributed by atoms with Gasteiger partial charge >= 0.3 is 0 Å². The van der Waals surface area contributed by atoms with Crippen LogP contribution in [0.3, 0.4) is 0 Å². The Bertz CT molecular complexity index is 812. The molecule has 22 heavy (non-hydrogen) atoms. The minimum atomic E-state index is -0.641. The number of ketones is 1. The molecule has 0 heterocycles. The first-order valence-electron chi connectivity index (χ1n) is 6.09. The lowest BCUT2D eigenvalue weighted by molar-refractivity contribution is 0.104. The van der Waals surface area contributed by atoms with Crippen LogP contribution in [0.4, 0.5) is 0 Å². The minimum absolute atomic E-state index is 0.110. The Hall–Kier alpha value is -1.62. The van der Waals surface area contributed by atoms with Crippen LogP contribution in [0.25, 0.3) is 6.08 Å². The smallest absolute Gasteiger partial charge is 0.220 e. The fraction of sp³-hybridized carbons (Fsp3) is 0. The summed E-state index contributed by atoms with van der Waals surface area (Å²) in [5.41, 5.74) is -0.264. The van der Waals surface area contributed by atoms with Gasteiger partial charge in [-0.1, -0.05) is 45.2 Å². The number of benzene rings is 1. The largest absolute Gasteiger partial charge is 0.504 e. The highest BCUT2D eigenvalue weighted by molar-refractivity contribution is 9.10. The Kier molecular flexibility index (Phi) is 5.40. The average Bonchev–Trinajstić information content (AvgIpc) is 2.60. The second kappa shape index (κ2) is 7.09. The zero-order valence-corrected chi connectivity index (χ0v) is 14.1. The van der Waals surface area contributed by atoms with E-state index >= 15 is 0 Å². The predicted octanol–water partition coefficient (Wildman–Crippen LogP) is 4.72.